The summed E-state index contributed by atoms with van der Waals surface area (Å²) in [7, 11) is 2.99. The molecule has 26 heavy (non-hydrogen) atoms. The van der Waals surface area contributed by atoms with Crippen molar-refractivity contribution in [1.82, 2.24) is 24.3 Å². The van der Waals surface area contributed by atoms with E-state index in [2.05, 4.69) is 10.3 Å². The van der Waals surface area contributed by atoms with Gasteiger partial charge in [-0.25, -0.2) is 9.78 Å². The number of nitrogens with one attached hydrogen (secondary N) is 1. The molecule has 0 radical (unpaired) electrons. The number of hydrogen-bond donors (Lipinski definition) is 1. The Morgan fingerprint density at radius 2 is 1.85 bits per heavy atom. The van der Waals surface area contributed by atoms with Crippen molar-refractivity contribution in [3.05, 3.63) is 38.7 Å². The summed E-state index contributed by atoms with van der Waals surface area (Å²) in [5, 5.41) is 3.75. The van der Waals surface area contributed by atoms with Crippen LogP contribution >= 0.6 is 0 Å². The zero-order valence-corrected chi connectivity index (χ0v) is 15.1. The van der Waals surface area contributed by atoms with Gasteiger partial charge in [-0.15, -0.1) is 0 Å². The van der Waals surface area contributed by atoms with Crippen molar-refractivity contribution in [2.75, 3.05) is 26.2 Å². The largest absolute Gasteiger partial charge is 0.337 e. The summed E-state index contributed by atoms with van der Waals surface area (Å²) in [6, 6.07) is 3.17. The molecule has 0 unspecified atom stereocenters. The topological polar surface area (TPSA) is 89.2 Å². The van der Waals surface area contributed by atoms with Crippen LogP contribution in [-0.4, -0.2) is 51.1 Å². The van der Waals surface area contributed by atoms with Gasteiger partial charge in [-0.1, -0.05) is 0 Å². The van der Waals surface area contributed by atoms with Crippen LogP contribution in [0.4, 0.5) is 0 Å². The number of rotatable bonds is 1. The van der Waals surface area contributed by atoms with Gasteiger partial charge in [0, 0.05) is 33.7 Å². The summed E-state index contributed by atoms with van der Waals surface area (Å²) in [5.41, 5.74) is 0.0131. The quantitative estimate of drug-likeness (QED) is 0.767. The van der Waals surface area contributed by atoms with Gasteiger partial charge in [0.05, 0.1) is 5.39 Å². The van der Waals surface area contributed by atoms with Crippen LogP contribution in [0, 0.1) is 5.41 Å². The monoisotopic (exact) mass is 357 g/mol. The molecule has 4 rings (SSSR count). The first-order valence-corrected chi connectivity index (χ1v) is 8.99. The molecule has 1 N–H and O–H groups in total. The molecule has 0 atom stereocenters. The molecule has 1 spiro atoms. The van der Waals surface area contributed by atoms with E-state index in [0.29, 0.717) is 10.8 Å². The van der Waals surface area contributed by atoms with Gasteiger partial charge in [0.1, 0.15) is 11.3 Å². The smallest absolute Gasteiger partial charge is 0.332 e. The van der Waals surface area contributed by atoms with Crippen molar-refractivity contribution in [1.29, 1.82) is 0 Å². The van der Waals surface area contributed by atoms with Gasteiger partial charge < -0.3 is 10.2 Å². The first kappa shape index (κ1) is 17.0. The number of likely N-dealkylation sites (tertiary alicyclic amines) is 1. The Balaban J connectivity index is 1.64. The maximum absolute atomic E-state index is 12.9. The van der Waals surface area contributed by atoms with Crippen molar-refractivity contribution in [3.63, 3.8) is 0 Å². The molecule has 0 saturated carbocycles. The van der Waals surface area contributed by atoms with Crippen LogP contribution < -0.4 is 16.6 Å². The van der Waals surface area contributed by atoms with E-state index >= 15 is 0 Å². The van der Waals surface area contributed by atoms with Crippen molar-refractivity contribution in [2.45, 2.75) is 19.3 Å². The van der Waals surface area contributed by atoms with Crippen LogP contribution in [0.15, 0.2) is 21.7 Å². The molecular formula is C18H23N5O3. The van der Waals surface area contributed by atoms with Gasteiger partial charge in [-0.2, -0.15) is 0 Å². The molecule has 2 aliphatic heterocycles. The molecule has 2 aliphatic rings. The van der Waals surface area contributed by atoms with E-state index in [4.69, 9.17) is 0 Å². The minimum atomic E-state index is -0.451. The fraction of sp³-hybridized carbons (Fsp3) is 0.556. The number of pyridine rings is 1. The van der Waals surface area contributed by atoms with E-state index < -0.39 is 11.2 Å². The highest BCUT2D eigenvalue weighted by Crippen LogP contribution is 2.37. The zero-order chi connectivity index (χ0) is 18.5. The lowest BCUT2D eigenvalue weighted by Gasteiger charge is -2.38. The van der Waals surface area contributed by atoms with E-state index in [0.717, 1.165) is 43.6 Å². The first-order chi connectivity index (χ1) is 12.4. The Morgan fingerprint density at radius 1 is 1.12 bits per heavy atom. The number of amides is 1. The van der Waals surface area contributed by atoms with Crippen LogP contribution in [0.5, 0.6) is 0 Å². The van der Waals surface area contributed by atoms with E-state index in [1.807, 2.05) is 4.90 Å². The highest BCUT2D eigenvalue weighted by Gasteiger charge is 2.38. The SMILES string of the molecule is Cn1c(=O)c2ccc(C(=O)N3CCC4(CCNC4)CC3)nc2n(C)c1=O. The van der Waals surface area contributed by atoms with Gasteiger partial charge >= 0.3 is 5.69 Å². The minimum absolute atomic E-state index is 0.138. The summed E-state index contributed by atoms with van der Waals surface area (Å²) < 4.78 is 2.36. The fourth-order valence-electron chi connectivity index (χ4n) is 4.14. The van der Waals surface area contributed by atoms with E-state index in [1.165, 1.54) is 18.0 Å². The Bertz CT molecular complexity index is 990. The average Bonchev–Trinajstić information content (AvgIpc) is 3.12. The third-order valence-electron chi connectivity index (χ3n) is 5.96. The third-order valence-corrected chi connectivity index (χ3v) is 5.96. The van der Waals surface area contributed by atoms with Gasteiger partial charge in [-0.05, 0) is 43.4 Å². The second-order valence-electron chi connectivity index (χ2n) is 7.49. The molecule has 2 fully saturated rings. The maximum Gasteiger partial charge on any atom is 0.332 e. The van der Waals surface area contributed by atoms with Gasteiger partial charge in [-0.3, -0.25) is 18.7 Å². The lowest BCUT2D eigenvalue weighted by atomic mass is 9.78. The molecule has 0 aromatic carbocycles. The van der Waals surface area contributed by atoms with E-state index in [-0.39, 0.29) is 17.2 Å². The summed E-state index contributed by atoms with van der Waals surface area (Å²) in [6.45, 7) is 3.53. The van der Waals surface area contributed by atoms with E-state index in [1.54, 1.807) is 19.2 Å². The van der Waals surface area contributed by atoms with Gasteiger partial charge in [0.2, 0.25) is 0 Å². The lowest BCUT2D eigenvalue weighted by Crippen LogP contribution is -2.44. The summed E-state index contributed by atoms with van der Waals surface area (Å²) in [4.78, 5) is 43.4. The van der Waals surface area contributed by atoms with Gasteiger partial charge in [0.15, 0.2) is 0 Å². The lowest BCUT2D eigenvalue weighted by molar-refractivity contribution is 0.0602. The zero-order valence-electron chi connectivity index (χ0n) is 15.1. The number of carbonyl (C=O) groups is 1. The maximum atomic E-state index is 12.9. The van der Waals surface area contributed by atoms with Crippen LogP contribution in [0.1, 0.15) is 29.8 Å². The highest BCUT2D eigenvalue weighted by atomic mass is 16.2. The molecule has 0 aliphatic carbocycles. The van der Waals surface area contributed by atoms with Crippen molar-refractivity contribution >= 4 is 16.9 Å². The van der Waals surface area contributed by atoms with Crippen LogP contribution in [-0.2, 0) is 14.1 Å². The molecule has 1 amide bonds. The summed E-state index contributed by atoms with van der Waals surface area (Å²) in [6.07, 6.45) is 3.17. The number of aryl methyl sites for hydroxylation is 1. The number of piperidine rings is 1. The van der Waals surface area contributed by atoms with E-state index in [9.17, 15) is 14.4 Å². The molecule has 138 valence electrons. The Hall–Kier alpha value is -2.48. The van der Waals surface area contributed by atoms with Crippen LogP contribution in [0.3, 0.4) is 0 Å². The van der Waals surface area contributed by atoms with Crippen LogP contribution in [0.2, 0.25) is 0 Å². The van der Waals surface area contributed by atoms with Gasteiger partial charge in [0.25, 0.3) is 11.5 Å². The molecule has 8 nitrogen and oxygen atoms in total. The van der Waals surface area contributed by atoms with Crippen molar-refractivity contribution < 1.29 is 4.79 Å². The standard InChI is InChI=1S/C18H23N5O3/c1-21-14-12(15(24)22(2)17(21)26)3-4-13(20-14)16(25)23-9-6-18(7-10-23)5-8-19-11-18/h3-4,19H,5-11H2,1-2H3. The van der Waals surface area contributed by atoms with Crippen LogP contribution in [0.25, 0.3) is 11.0 Å². The second kappa shape index (κ2) is 6.05. The number of carbonyl (C=O) groups excluding carboxylic acids is 1. The number of fused-ring (bicyclic) bond motifs is 1. The number of aromatic nitrogens is 3. The number of nitrogens with zero attached hydrogens (tertiary/aromatic N) is 4. The molecule has 2 aromatic rings. The normalized spacial score (nSPS) is 19.4. The predicted molar refractivity (Wildman–Crippen MR) is 97.3 cm³/mol. The average molecular weight is 357 g/mol. The van der Waals surface area contributed by atoms with Crippen molar-refractivity contribution in [3.8, 4) is 0 Å². The third kappa shape index (κ3) is 2.56. The Kier molecular flexibility index (Phi) is 3.95. The molecule has 0 bridgehead atoms. The Labute approximate surface area is 150 Å². The first-order valence-electron chi connectivity index (χ1n) is 8.99. The minimum Gasteiger partial charge on any atom is -0.337 e. The second-order valence-corrected chi connectivity index (χ2v) is 7.49. The molecular weight excluding hydrogens is 334 g/mol. The molecule has 2 aromatic heterocycles. The molecule has 2 saturated heterocycles. The molecule has 4 heterocycles. The predicted octanol–water partition coefficient (Wildman–Crippen LogP) is -0.152. The number of hydrogen-bond acceptors (Lipinski definition) is 5. The fourth-order valence-corrected chi connectivity index (χ4v) is 4.14. The van der Waals surface area contributed by atoms with Crippen molar-refractivity contribution in [2.24, 2.45) is 19.5 Å². The highest BCUT2D eigenvalue weighted by molar-refractivity contribution is 5.94. The molecule has 8 heteroatoms. The summed E-state index contributed by atoms with van der Waals surface area (Å²) >= 11 is 0. The Morgan fingerprint density at radius 3 is 2.50 bits per heavy atom. The summed E-state index contributed by atoms with van der Waals surface area (Å²) in [5.74, 6) is -0.138.